The summed E-state index contributed by atoms with van der Waals surface area (Å²) in [5, 5.41) is 14.3. The van der Waals surface area contributed by atoms with Crippen LogP contribution < -0.4 is 5.06 Å². The van der Waals surface area contributed by atoms with Gasteiger partial charge >= 0.3 is 0 Å². The van der Waals surface area contributed by atoms with Gasteiger partial charge in [0.05, 0.1) is 12.7 Å². The van der Waals surface area contributed by atoms with Crippen molar-refractivity contribution in [3.8, 4) is 0 Å². The normalized spacial score (nSPS) is 11.4. The minimum atomic E-state index is 0. The van der Waals surface area contributed by atoms with E-state index >= 15 is 0 Å². The number of rotatable bonds is 1. The second-order valence-electron chi connectivity index (χ2n) is 3.80. The molecule has 2 aromatic heterocycles. The van der Waals surface area contributed by atoms with Crippen molar-refractivity contribution in [1.29, 1.82) is 0 Å². The standard InChI is InChI=1S/C8H8BrN3O.C3H6.CH3F.U/c1-11(13)8-5-7-4-6(9)2-3-12(7)10-8;1-2-3-1;1-2;/h2-5,13H,1H3;1-3H2;1H3;. The number of nitrogens with zero attached hydrogens (tertiary/aromatic N) is 3. The van der Waals surface area contributed by atoms with Crippen LogP contribution in [0.25, 0.3) is 5.52 Å². The second kappa shape index (κ2) is 9.76. The molecule has 0 spiro atoms. The first kappa shape index (κ1) is 18.9. The summed E-state index contributed by atoms with van der Waals surface area (Å²) < 4.78 is 12.2. The second-order valence-corrected chi connectivity index (χ2v) is 4.72. The van der Waals surface area contributed by atoms with Crippen LogP contribution in [0.1, 0.15) is 19.3 Å². The fraction of sp³-hybridized carbons (Fsp3) is 0.417. The van der Waals surface area contributed by atoms with Gasteiger partial charge in [-0.15, -0.1) is 5.10 Å². The molecule has 0 aromatic carbocycles. The molecule has 1 aliphatic rings. The topological polar surface area (TPSA) is 40.8 Å². The van der Waals surface area contributed by atoms with Crippen LogP contribution in [-0.2, 0) is 0 Å². The average Bonchev–Trinajstić information content (AvgIpc) is 3.18. The molecule has 0 aliphatic heterocycles. The molecule has 2 aromatic rings. The Morgan fingerprint density at radius 3 is 2.37 bits per heavy atom. The van der Waals surface area contributed by atoms with Crippen molar-refractivity contribution in [2.75, 3.05) is 19.3 Å². The molecule has 4 nitrogen and oxygen atoms in total. The zero-order valence-corrected chi connectivity index (χ0v) is 16.7. The van der Waals surface area contributed by atoms with Gasteiger partial charge in [-0.05, 0) is 12.1 Å². The predicted octanol–water partition coefficient (Wildman–Crippen LogP) is 3.68. The van der Waals surface area contributed by atoms with Crippen molar-refractivity contribution < 1.29 is 40.7 Å². The molecule has 7 heteroatoms. The molecule has 0 saturated heterocycles. The van der Waals surface area contributed by atoms with E-state index in [1.165, 1.54) is 26.3 Å². The summed E-state index contributed by atoms with van der Waals surface area (Å²) >= 11 is 3.36. The third-order valence-corrected chi connectivity index (χ3v) is 2.59. The number of anilines is 1. The smallest absolute Gasteiger partial charge is 0.174 e. The molecule has 1 N–H and O–H groups in total. The van der Waals surface area contributed by atoms with Gasteiger partial charge in [0.15, 0.2) is 5.82 Å². The van der Waals surface area contributed by atoms with Gasteiger partial charge in [0.2, 0.25) is 0 Å². The minimum absolute atomic E-state index is 0. The molecule has 19 heavy (non-hydrogen) atoms. The molecule has 0 atom stereocenters. The van der Waals surface area contributed by atoms with Gasteiger partial charge in [0, 0.05) is 54.9 Å². The summed E-state index contributed by atoms with van der Waals surface area (Å²) in [4.78, 5) is 0. The predicted molar refractivity (Wildman–Crippen MR) is 74.0 cm³/mol. The van der Waals surface area contributed by atoms with Crippen molar-refractivity contribution in [2.45, 2.75) is 19.3 Å². The van der Waals surface area contributed by atoms with Crippen LogP contribution in [0.2, 0.25) is 0 Å². The van der Waals surface area contributed by atoms with Gasteiger partial charge in [0.1, 0.15) is 0 Å². The summed E-state index contributed by atoms with van der Waals surface area (Å²) in [6.07, 6.45) is 6.33. The van der Waals surface area contributed by atoms with Crippen molar-refractivity contribution in [3.63, 3.8) is 0 Å². The molecule has 1 fully saturated rings. The number of hydroxylamine groups is 1. The van der Waals surface area contributed by atoms with Crippen molar-refractivity contribution in [2.24, 2.45) is 0 Å². The summed E-state index contributed by atoms with van der Waals surface area (Å²) in [5.74, 6) is 0.526. The van der Waals surface area contributed by atoms with Crippen LogP contribution in [0.4, 0.5) is 10.2 Å². The Morgan fingerprint density at radius 1 is 1.32 bits per heavy atom. The number of fused-ring (bicyclic) bond motifs is 1. The van der Waals surface area contributed by atoms with Crippen LogP contribution in [0.15, 0.2) is 28.9 Å². The maximum Gasteiger partial charge on any atom is 0.174 e. The van der Waals surface area contributed by atoms with E-state index < -0.39 is 0 Å². The van der Waals surface area contributed by atoms with E-state index in [9.17, 15) is 4.39 Å². The molecular formula is C12H17BrFN3OU. The van der Waals surface area contributed by atoms with Gasteiger partial charge in [-0.1, -0.05) is 35.2 Å². The maximum atomic E-state index is 9.50. The van der Waals surface area contributed by atoms with E-state index in [0.29, 0.717) is 13.0 Å². The molecule has 0 radical (unpaired) electrons. The molecule has 3 rings (SSSR count). The molecule has 0 unspecified atom stereocenters. The molecule has 1 saturated carbocycles. The Balaban J connectivity index is 0.000000464. The van der Waals surface area contributed by atoms with Crippen LogP contribution >= 0.6 is 15.9 Å². The third kappa shape index (κ3) is 6.75. The Kier molecular flexibility index (Phi) is 9.71. The Hall–Kier alpha value is -0.0881. The van der Waals surface area contributed by atoms with Crippen molar-refractivity contribution >= 4 is 27.3 Å². The van der Waals surface area contributed by atoms with E-state index in [2.05, 4.69) is 21.0 Å². The first-order chi connectivity index (χ1) is 8.66. The summed E-state index contributed by atoms with van der Waals surface area (Å²) in [6.45, 7) is 0. The quantitative estimate of drug-likeness (QED) is 0.546. The van der Waals surface area contributed by atoms with Crippen LogP contribution in [-0.4, -0.2) is 29.0 Å². The molecule has 1 aliphatic carbocycles. The molecule has 2 heterocycles. The third-order valence-electron chi connectivity index (χ3n) is 2.10. The fourth-order valence-electron chi connectivity index (χ4n) is 1.11. The monoisotopic (exact) mass is 555 g/mol. The van der Waals surface area contributed by atoms with Gasteiger partial charge in [0.25, 0.3) is 0 Å². The van der Waals surface area contributed by atoms with Gasteiger partial charge in [-0.3, -0.25) is 9.60 Å². The number of hydrogen-bond acceptors (Lipinski definition) is 3. The number of hydrogen-bond donors (Lipinski definition) is 1. The minimum Gasteiger partial charge on any atom is -0.287 e. The van der Waals surface area contributed by atoms with E-state index in [1.54, 1.807) is 10.6 Å². The number of aromatic nitrogens is 2. The fourth-order valence-corrected chi connectivity index (χ4v) is 1.46. The largest absolute Gasteiger partial charge is 0.287 e. The summed E-state index contributed by atoms with van der Waals surface area (Å²) in [5.41, 5.74) is 0.935. The first-order valence-electron chi connectivity index (χ1n) is 5.62. The van der Waals surface area contributed by atoms with Crippen LogP contribution in [0.3, 0.4) is 0 Å². The number of alkyl halides is 1. The number of halogens is 2. The molecule has 104 valence electrons. The van der Waals surface area contributed by atoms with Gasteiger partial charge < -0.3 is 0 Å². The van der Waals surface area contributed by atoms with E-state index in [0.717, 1.165) is 15.1 Å². The summed E-state index contributed by atoms with van der Waals surface area (Å²) in [7, 11) is 2.04. The molecular weight excluding hydrogens is 539 g/mol. The Morgan fingerprint density at radius 2 is 1.89 bits per heavy atom. The zero-order chi connectivity index (χ0) is 13.5. The van der Waals surface area contributed by atoms with Gasteiger partial charge in [-0.2, -0.15) is 0 Å². The van der Waals surface area contributed by atoms with Crippen LogP contribution in [0, 0.1) is 31.1 Å². The number of pyridine rings is 1. The summed E-state index contributed by atoms with van der Waals surface area (Å²) in [6, 6.07) is 5.62. The maximum absolute atomic E-state index is 9.50. The first-order valence-corrected chi connectivity index (χ1v) is 6.41. The SMILES string of the molecule is C1CC1.CF.CN(O)c1cc2cc(Br)ccn2n1.[U]. The van der Waals surface area contributed by atoms with E-state index in [1.807, 2.05) is 18.3 Å². The van der Waals surface area contributed by atoms with E-state index in [4.69, 9.17) is 5.21 Å². The zero-order valence-electron chi connectivity index (χ0n) is 11.0. The average molecular weight is 556 g/mol. The molecule has 0 bridgehead atoms. The molecule has 0 amide bonds. The Bertz CT molecular complexity index is 488. The Labute approximate surface area is 144 Å². The van der Waals surface area contributed by atoms with Crippen molar-refractivity contribution in [1.82, 2.24) is 9.61 Å². The van der Waals surface area contributed by atoms with Crippen LogP contribution in [0.5, 0.6) is 0 Å². The van der Waals surface area contributed by atoms with Gasteiger partial charge in [-0.25, -0.2) is 9.58 Å². The van der Waals surface area contributed by atoms with Crippen molar-refractivity contribution in [3.05, 3.63) is 28.9 Å². The van der Waals surface area contributed by atoms with E-state index in [-0.39, 0.29) is 31.1 Å².